The number of carbonyl (C=O) groups excluding carboxylic acids is 2. The fraction of sp³-hybridized carbons (Fsp3) is 0.200. The zero-order valence-corrected chi connectivity index (χ0v) is 14.6. The van der Waals surface area contributed by atoms with E-state index < -0.39 is 5.91 Å². The van der Waals surface area contributed by atoms with Crippen molar-refractivity contribution in [3.8, 4) is 0 Å². The Balaban J connectivity index is 1.56. The number of anilines is 2. The number of hydrogen-bond acceptors (Lipinski definition) is 5. The van der Waals surface area contributed by atoms with E-state index >= 15 is 0 Å². The van der Waals surface area contributed by atoms with Crippen molar-refractivity contribution in [2.75, 3.05) is 23.3 Å². The van der Waals surface area contributed by atoms with Gasteiger partial charge < -0.3 is 16.0 Å². The number of aromatic nitrogens is 2. The largest absolute Gasteiger partial charge is 0.370 e. The van der Waals surface area contributed by atoms with Gasteiger partial charge in [0, 0.05) is 36.0 Å². The molecule has 3 N–H and O–H groups in total. The van der Waals surface area contributed by atoms with Crippen molar-refractivity contribution >= 4 is 34.1 Å². The maximum atomic E-state index is 12.6. The summed E-state index contributed by atoms with van der Waals surface area (Å²) in [7, 11) is 0. The number of para-hydroxylation sites is 1. The minimum absolute atomic E-state index is 0.0120. The van der Waals surface area contributed by atoms with Crippen LogP contribution in [0, 0.1) is 5.92 Å². The number of fused-ring (bicyclic) bond motifs is 1. The Labute approximate surface area is 156 Å². The van der Waals surface area contributed by atoms with Gasteiger partial charge in [-0.1, -0.05) is 18.2 Å². The summed E-state index contributed by atoms with van der Waals surface area (Å²) in [6, 6.07) is 13.0. The van der Waals surface area contributed by atoms with Gasteiger partial charge in [-0.05, 0) is 30.7 Å². The highest BCUT2D eigenvalue weighted by Gasteiger charge is 2.29. The predicted molar refractivity (Wildman–Crippen MR) is 103 cm³/mol. The monoisotopic (exact) mass is 361 g/mol. The second-order valence-electron chi connectivity index (χ2n) is 6.57. The molecule has 1 saturated heterocycles. The van der Waals surface area contributed by atoms with E-state index in [1.165, 1.54) is 6.33 Å². The third-order valence-electron chi connectivity index (χ3n) is 4.86. The van der Waals surface area contributed by atoms with E-state index in [0.29, 0.717) is 17.6 Å². The fourth-order valence-corrected chi connectivity index (χ4v) is 3.50. The molecular formula is C20H19N5O2. The molecule has 1 fully saturated rings. The summed E-state index contributed by atoms with van der Waals surface area (Å²) >= 11 is 0. The second kappa shape index (κ2) is 7.03. The normalized spacial score (nSPS) is 16.4. The van der Waals surface area contributed by atoms with Gasteiger partial charge in [0.25, 0.3) is 5.91 Å². The van der Waals surface area contributed by atoms with Crippen LogP contribution in [-0.2, 0) is 4.79 Å². The first kappa shape index (κ1) is 17.0. The Morgan fingerprint density at radius 3 is 2.74 bits per heavy atom. The van der Waals surface area contributed by atoms with Crippen LogP contribution in [0.4, 0.5) is 11.4 Å². The van der Waals surface area contributed by atoms with E-state index in [2.05, 4.69) is 20.2 Å². The average molecular weight is 361 g/mol. The first-order valence-corrected chi connectivity index (χ1v) is 8.77. The van der Waals surface area contributed by atoms with E-state index in [0.717, 1.165) is 29.7 Å². The molecule has 1 atom stereocenters. The summed E-state index contributed by atoms with van der Waals surface area (Å²) in [4.78, 5) is 34.7. The average Bonchev–Trinajstić information content (AvgIpc) is 3.18. The number of amides is 2. The Morgan fingerprint density at radius 1 is 1.15 bits per heavy atom. The van der Waals surface area contributed by atoms with Gasteiger partial charge in [0.05, 0.1) is 17.0 Å². The van der Waals surface area contributed by atoms with Gasteiger partial charge in [0.15, 0.2) is 0 Å². The van der Waals surface area contributed by atoms with Crippen LogP contribution in [0.1, 0.15) is 16.8 Å². The van der Waals surface area contributed by atoms with Crippen molar-refractivity contribution in [2.45, 2.75) is 6.42 Å². The van der Waals surface area contributed by atoms with Crippen LogP contribution >= 0.6 is 0 Å². The lowest BCUT2D eigenvalue weighted by atomic mass is 10.1. The molecule has 1 aliphatic rings. The van der Waals surface area contributed by atoms with E-state index in [1.807, 2.05) is 36.4 Å². The zero-order valence-electron chi connectivity index (χ0n) is 14.6. The maximum absolute atomic E-state index is 12.6. The minimum Gasteiger partial charge on any atom is -0.370 e. The van der Waals surface area contributed by atoms with Crippen molar-refractivity contribution in [3.05, 3.63) is 60.6 Å². The van der Waals surface area contributed by atoms with Crippen LogP contribution in [0.15, 0.2) is 55.0 Å². The van der Waals surface area contributed by atoms with Crippen LogP contribution in [0.5, 0.6) is 0 Å². The molecule has 2 amide bonds. The van der Waals surface area contributed by atoms with Gasteiger partial charge in [-0.15, -0.1) is 0 Å². The van der Waals surface area contributed by atoms with Crippen molar-refractivity contribution in [3.63, 3.8) is 0 Å². The topological polar surface area (TPSA) is 101 Å². The fourth-order valence-electron chi connectivity index (χ4n) is 3.50. The molecule has 2 heterocycles. The quantitative estimate of drug-likeness (QED) is 0.742. The number of nitrogens with two attached hydrogens (primary N) is 1. The first-order chi connectivity index (χ1) is 13.1. The highest BCUT2D eigenvalue weighted by molar-refractivity contribution is 6.08. The third-order valence-corrected chi connectivity index (χ3v) is 4.86. The lowest BCUT2D eigenvalue weighted by Gasteiger charge is -2.21. The Kier molecular flexibility index (Phi) is 4.42. The zero-order chi connectivity index (χ0) is 18.8. The Bertz CT molecular complexity index is 1010. The summed E-state index contributed by atoms with van der Waals surface area (Å²) in [5.41, 5.74) is 8.06. The number of carbonyl (C=O) groups is 2. The maximum Gasteiger partial charge on any atom is 0.250 e. The van der Waals surface area contributed by atoms with Gasteiger partial charge in [-0.2, -0.15) is 0 Å². The highest BCUT2D eigenvalue weighted by Crippen LogP contribution is 2.31. The number of nitrogens with one attached hydrogen (secondary N) is 1. The number of nitrogens with zero attached hydrogens (tertiary/aromatic N) is 3. The molecule has 3 aromatic rings. The molecule has 1 aliphatic heterocycles. The molecule has 0 bridgehead atoms. The standard InChI is InChI=1S/C20H19N5O2/c21-19(26)15-6-7-17(16-10-22-12-23-18(15)16)25-9-8-13(11-25)20(27)24-14-4-2-1-3-5-14/h1-7,10,12-13H,8-9,11H2,(H2,21,26)(H,24,27). The number of primary amides is 1. The van der Waals surface area contributed by atoms with E-state index in [-0.39, 0.29) is 11.8 Å². The molecule has 0 spiro atoms. The van der Waals surface area contributed by atoms with Crippen molar-refractivity contribution in [1.29, 1.82) is 0 Å². The lowest BCUT2D eigenvalue weighted by molar-refractivity contribution is -0.119. The molecule has 0 saturated carbocycles. The number of benzene rings is 2. The van der Waals surface area contributed by atoms with Crippen molar-refractivity contribution in [2.24, 2.45) is 11.7 Å². The van der Waals surface area contributed by atoms with Crippen molar-refractivity contribution < 1.29 is 9.59 Å². The molecule has 7 nitrogen and oxygen atoms in total. The van der Waals surface area contributed by atoms with Crippen LogP contribution in [0.2, 0.25) is 0 Å². The summed E-state index contributed by atoms with van der Waals surface area (Å²) in [6.45, 7) is 1.34. The molecule has 0 radical (unpaired) electrons. The molecule has 0 aliphatic carbocycles. The van der Waals surface area contributed by atoms with Gasteiger partial charge >= 0.3 is 0 Å². The first-order valence-electron chi connectivity index (χ1n) is 8.77. The summed E-state index contributed by atoms with van der Waals surface area (Å²) in [5.74, 6) is -0.620. The molecule has 7 heteroatoms. The molecular weight excluding hydrogens is 342 g/mol. The second-order valence-corrected chi connectivity index (χ2v) is 6.57. The SMILES string of the molecule is NC(=O)c1ccc(N2CCC(C(=O)Nc3ccccc3)C2)c2cncnc12. The van der Waals surface area contributed by atoms with Gasteiger partial charge in [0.2, 0.25) is 5.91 Å². The predicted octanol–water partition coefficient (Wildman–Crippen LogP) is 2.19. The van der Waals surface area contributed by atoms with Crippen LogP contribution in [0.25, 0.3) is 10.9 Å². The third kappa shape index (κ3) is 3.31. The van der Waals surface area contributed by atoms with Gasteiger partial charge in [-0.3, -0.25) is 9.59 Å². The summed E-state index contributed by atoms with van der Waals surface area (Å²) < 4.78 is 0. The van der Waals surface area contributed by atoms with Crippen molar-refractivity contribution in [1.82, 2.24) is 9.97 Å². The summed E-state index contributed by atoms with van der Waals surface area (Å²) in [5, 5.41) is 3.73. The van der Waals surface area contributed by atoms with Gasteiger partial charge in [0.1, 0.15) is 6.33 Å². The molecule has 1 aromatic heterocycles. The van der Waals surface area contributed by atoms with Crippen LogP contribution < -0.4 is 16.0 Å². The van der Waals surface area contributed by atoms with Crippen LogP contribution in [0.3, 0.4) is 0 Å². The van der Waals surface area contributed by atoms with Crippen LogP contribution in [-0.4, -0.2) is 34.9 Å². The van der Waals surface area contributed by atoms with E-state index in [1.54, 1.807) is 12.3 Å². The molecule has 27 heavy (non-hydrogen) atoms. The Hall–Kier alpha value is -3.48. The molecule has 4 rings (SSSR count). The lowest BCUT2D eigenvalue weighted by Crippen LogP contribution is -2.27. The minimum atomic E-state index is -0.521. The highest BCUT2D eigenvalue weighted by atomic mass is 16.2. The Morgan fingerprint density at radius 2 is 1.96 bits per heavy atom. The molecule has 2 aromatic carbocycles. The molecule has 136 valence electrons. The summed E-state index contributed by atoms with van der Waals surface area (Å²) in [6.07, 6.45) is 3.84. The number of rotatable bonds is 4. The molecule has 1 unspecified atom stereocenters. The van der Waals surface area contributed by atoms with Gasteiger partial charge in [-0.25, -0.2) is 9.97 Å². The number of hydrogen-bond donors (Lipinski definition) is 2. The smallest absolute Gasteiger partial charge is 0.250 e. The van der Waals surface area contributed by atoms with E-state index in [9.17, 15) is 9.59 Å². The van der Waals surface area contributed by atoms with E-state index in [4.69, 9.17) is 5.73 Å².